The molecule has 0 saturated carbocycles. The number of carbonyl (C=O) groups is 1. The van der Waals surface area contributed by atoms with Crippen molar-refractivity contribution in [2.45, 2.75) is 38.8 Å². The summed E-state index contributed by atoms with van der Waals surface area (Å²) in [5.74, 6) is 0.727. The molecule has 0 radical (unpaired) electrons. The summed E-state index contributed by atoms with van der Waals surface area (Å²) in [7, 11) is 0. The lowest BCUT2D eigenvalue weighted by Crippen LogP contribution is -2.36. The van der Waals surface area contributed by atoms with E-state index in [1.165, 1.54) is 0 Å². The van der Waals surface area contributed by atoms with Crippen LogP contribution in [0.15, 0.2) is 18.2 Å². The number of nitrogens with one attached hydrogen (secondary N) is 1. The highest BCUT2D eigenvalue weighted by molar-refractivity contribution is 5.69. The molecular formula is C14H19NO4. The first kappa shape index (κ1) is 13.5. The highest BCUT2D eigenvalue weighted by Crippen LogP contribution is 2.38. The summed E-state index contributed by atoms with van der Waals surface area (Å²) >= 11 is 0. The third kappa shape index (κ3) is 3.30. The molecule has 1 heterocycles. The highest BCUT2D eigenvalue weighted by atomic mass is 16.6. The van der Waals surface area contributed by atoms with Crippen LogP contribution in [0.5, 0.6) is 11.5 Å². The van der Waals surface area contributed by atoms with Gasteiger partial charge in [-0.2, -0.15) is 0 Å². The van der Waals surface area contributed by atoms with E-state index < -0.39 is 11.7 Å². The smallest absolute Gasteiger partial charge is 0.408 e. The second-order valence-corrected chi connectivity index (χ2v) is 5.52. The number of hydrogen-bond acceptors (Lipinski definition) is 4. The second-order valence-electron chi connectivity index (χ2n) is 5.52. The first-order valence-corrected chi connectivity index (χ1v) is 6.31. The van der Waals surface area contributed by atoms with Crippen molar-refractivity contribution in [1.29, 1.82) is 0 Å². The predicted octanol–water partition coefficient (Wildman–Crippen LogP) is 2.74. The van der Waals surface area contributed by atoms with Gasteiger partial charge in [0, 0.05) is 6.42 Å². The summed E-state index contributed by atoms with van der Waals surface area (Å²) in [4.78, 5) is 11.8. The van der Waals surface area contributed by atoms with Crippen molar-refractivity contribution in [1.82, 2.24) is 5.32 Å². The van der Waals surface area contributed by atoms with Crippen molar-refractivity contribution in [2.75, 3.05) is 6.61 Å². The third-order valence-corrected chi connectivity index (χ3v) is 2.75. The van der Waals surface area contributed by atoms with E-state index in [4.69, 9.17) is 9.47 Å². The number of phenolic OH excluding ortho intramolecular Hbond substituents is 1. The Morgan fingerprint density at radius 3 is 2.89 bits per heavy atom. The molecule has 5 heteroatoms. The molecule has 1 aromatic carbocycles. The molecule has 1 aliphatic rings. The van der Waals surface area contributed by atoms with E-state index in [9.17, 15) is 9.90 Å². The van der Waals surface area contributed by atoms with E-state index in [1.807, 2.05) is 20.8 Å². The maximum atomic E-state index is 11.8. The highest BCUT2D eigenvalue weighted by Gasteiger charge is 2.27. The standard InChI is InChI=1S/C14H19NO4/c1-14(2,3)19-13(17)15-9-7-8-18-11-6-4-5-10(16)12(9)11/h4-6,9,16H,7-8H2,1-3H3,(H,15,17). The number of amides is 1. The van der Waals surface area contributed by atoms with Gasteiger partial charge < -0.3 is 19.9 Å². The Kier molecular flexibility index (Phi) is 3.55. The molecule has 1 aliphatic heterocycles. The van der Waals surface area contributed by atoms with Crippen LogP contribution < -0.4 is 10.1 Å². The molecule has 19 heavy (non-hydrogen) atoms. The minimum Gasteiger partial charge on any atom is -0.507 e. The molecule has 1 amide bonds. The molecule has 0 bridgehead atoms. The van der Waals surface area contributed by atoms with Gasteiger partial charge in [-0.1, -0.05) is 6.07 Å². The molecule has 1 atom stereocenters. The largest absolute Gasteiger partial charge is 0.507 e. The van der Waals surface area contributed by atoms with Gasteiger partial charge in [0.2, 0.25) is 0 Å². The molecule has 104 valence electrons. The maximum absolute atomic E-state index is 11.8. The maximum Gasteiger partial charge on any atom is 0.408 e. The van der Waals surface area contributed by atoms with Crippen LogP contribution in [-0.4, -0.2) is 23.4 Å². The average molecular weight is 265 g/mol. The topological polar surface area (TPSA) is 67.8 Å². The molecule has 1 aromatic rings. The molecule has 0 spiro atoms. The Morgan fingerprint density at radius 2 is 2.21 bits per heavy atom. The zero-order chi connectivity index (χ0) is 14.0. The fourth-order valence-corrected chi connectivity index (χ4v) is 2.03. The zero-order valence-electron chi connectivity index (χ0n) is 11.4. The number of aromatic hydroxyl groups is 1. The molecule has 2 rings (SSSR count). The lowest BCUT2D eigenvalue weighted by atomic mass is 9.99. The molecule has 0 fully saturated rings. The van der Waals surface area contributed by atoms with Crippen LogP contribution in [0.4, 0.5) is 4.79 Å². The van der Waals surface area contributed by atoms with Gasteiger partial charge in [0.1, 0.15) is 17.1 Å². The fraction of sp³-hybridized carbons (Fsp3) is 0.500. The van der Waals surface area contributed by atoms with Crippen LogP contribution in [0.3, 0.4) is 0 Å². The Balaban J connectivity index is 2.14. The fourth-order valence-electron chi connectivity index (χ4n) is 2.03. The van der Waals surface area contributed by atoms with Crippen LogP contribution in [0.1, 0.15) is 38.8 Å². The van der Waals surface area contributed by atoms with E-state index in [-0.39, 0.29) is 11.8 Å². The molecule has 1 unspecified atom stereocenters. The van der Waals surface area contributed by atoms with Crippen molar-refractivity contribution in [3.8, 4) is 11.5 Å². The molecular weight excluding hydrogens is 246 g/mol. The van der Waals surface area contributed by atoms with Gasteiger partial charge in [0.05, 0.1) is 18.2 Å². The van der Waals surface area contributed by atoms with Crippen LogP contribution in [-0.2, 0) is 4.74 Å². The molecule has 0 aliphatic carbocycles. The van der Waals surface area contributed by atoms with E-state index in [2.05, 4.69) is 5.32 Å². The minimum absolute atomic E-state index is 0.123. The monoisotopic (exact) mass is 265 g/mol. The number of rotatable bonds is 1. The number of alkyl carbamates (subject to hydrolysis) is 1. The normalized spacial score (nSPS) is 18.2. The Hall–Kier alpha value is -1.91. The van der Waals surface area contributed by atoms with Crippen LogP contribution >= 0.6 is 0 Å². The minimum atomic E-state index is -0.545. The summed E-state index contributed by atoms with van der Waals surface area (Å²) in [6.07, 6.45) is 0.109. The Bertz CT molecular complexity index is 479. The Morgan fingerprint density at radius 1 is 1.47 bits per heavy atom. The summed E-state index contributed by atoms with van der Waals surface area (Å²) < 4.78 is 10.7. The number of hydrogen-bond donors (Lipinski definition) is 2. The Labute approximate surface area is 112 Å². The van der Waals surface area contributed by atoms with Gasteiger partial charge in [-0.25, -0.2) is 4.79 Å². The third-order valence-electron chi connectivity index (χ3n) is 2.75. The first-order chi connectivity index (χ1) is 8.87. The van der Waals surface area contributed by atoms with Crippen molar-refractivity contribution < 1.29 is 19.4 Å². The van der Waals surface area contributed by atoms with Crippen LogP contribution in [0, 0.1) is 0 Å². The van der Waals surface area contributed by atoms with Crippen LogP contribution in [0.2, 0.25) is 0 Å². The van der Waals surface area contributed by atoms with Gasteiger partial charge >= 0.3 is 6.09 Å². The number of phenols is 1. The zero-order valence-corrected chi connectivity index (χ0v) is 11.4. The van der Waals surface area contributed by atoms with E-state index in [0.29, 0.717) is 24.3 Å². The molecule has 5 nitrogen and oxygen atoms in total. The average Bonchev–Trinajstić information content (AvgIpc) is 2.26. The van der Waals surface area contributed by atoms with E-state index in [1.54, 1.807) is 18.2 Å². The summed E-state index contributed by atoms with van der Waals surface area (Å²) in [6, 6.07) is 4.78. The molecule has 0 saturated heterocycles. The van der Waals surface area contributed by atoms with Gasteiger partial charge in [0.25, 0.3) is 0 Å². The lowest BCUT2D eigenvalue weighted by Gasteiger charge is -2.28. The van der Waals surface area contributed by atoms with Gasteiger partial charge in [-0.3, -0.25) is 0 Å². The van der Waals surface area contributed by atoms with Gasteiger partial charge in [0.15, 0.2) is 0 Å². The van der Waals surface area contributed by atoms with Crippen LogP contribution in [0.25, 0.3) is 0 Å². The molecule has 2 N–H and O–H groups in total. The van der Waals surface area contributed by atoms with Crippen molar-refractivity contribution in [3.63, 3.8) is 0 Å². The number of carbonyl (C=O) groups excluding carboxylic acids is 1. The number of benzene rings is 1. The number of fused-ring (bicyclic) bond motifs is 1. The van der Waals surface area contributed by atoms with E-state index >= 15 is 0 Å². The molecule has 0 aromatic heterocycles. The first-order valence-electron chi connectivity index (χ1n) is 6.31. The van der Waals surface area contributed by atoms with Crippen molar-refractivity contribution >= 4 is 6.09 Å². The van der Waals surface area contributed by atoms with Crippen molar-refractivity contribution in [2.24, 2.45) is 0 Å². The van der Waals surface area contributed by atoms with Gasteiger partial charge in [-0.15, -0.1) is 0 Å². The second kappa shape index (κ2) is 4.99. The van der Waals surface area contributed by atoms with Crippen molar-refractivity contribution in [3.05, 3.63) is 23.8 Å². The number of ether oxygens (including phenoxy) is 2. The summed E-state index contributed by atoms with van der Waals surface area (Å²) in [6.45, 7) is 5.92. The predicted molar refractivity (Wildman–Crippen MR) is 70.3 cm³/mol. The summed E-state index contributed by atoms with van der Waals surface area (Å²) in [5.41, 5.74) is 0.0659. The van der Waals surface area contributed by atoms with E-state index in [0.717, 1.165) is 0 Å². The summed E-state index contributed by atoms with van der Waals surface area (Å²) in [5, 5.41) is 12.7. The SMILES string of the molecule is CC(C)(C)OC(=O)NC1CCOc2cccc(O)c21. The quantitative estimate of drug-likeness (QED) is 0.819. The lowest BCUT2D eigenvalue weighted by molar-refractivity contribution is 0.0490. The van der Waals surface area contributed by atoms with Gasteiger partial charge in [-0.05, 0) is 32.9 Å².